The molecule has 0 aliphatic heterocycles. The molecule has 6 nitrogen and oxygen atoms in total. The molecule has 0 aliphatic carbocycles. The Balaban J connectivity index is 2.49. The van der Waals surface area contributed by atoms with Gasteiger partial charge >= 0.3 is 0 Å². The summed E-state index contributed by atoms with van der Waals surface area (Å²) in [6.45, 7) is 7.12. The summed E-state index contributed by atoms with van der Waals surface area (Å²) in [4.78, 5) is 0.176. The lowest BCUT2D eigenvalue weighted by molar-refractivity contribution is 0.600. The second-order valence-electron chi connectivity index (χ2n) is 4.90. The molecule has 2 aromatic rings. The van der Waals surface area contributed by atoms with Gasteiger partial charge < -0.3 is 5.73 Å². The second-order valence-corrected chi connectivity index (χ2v) is 6.56. The molecule has 0 atom stereocenters. The van der Waals surface area contributed by atoms with E-state index in [1.165, 1.54) is 0 Å². The van der Waals surface area contributed by atoms with E-state index in [1.807, 2.05) is 6.92 Å². The standard InChI is InChI=1S/C13H18N4O2S/c1-7-5-11(14)9(3)12(6-7)20(18,19)17-13-8(2)10(4)15-16-13/h5-6H,14H2,1-4H3,(H2,15,16,17). The van der Waals surface area contributed by atoms with Crippen LogP contribution in [0.1, 0.15) is 22.4 Å². The summed E-state index contributed by atoms with van der Waals surface area (Å²) in [7, 11) is -3.71. The maximum Gasteiger partial charge on any atom is 0.263 e. The summed E-state index contributed by atoms with van der Waals surface area (Å²) in [6, 6.07) is 3.35. The van der Waals surface area contributed by atoms with Gasteiger partial charge in [-0.05, 0) is 51.0 Å². The van der Waals surface area contributed by atoms with Crippen molar-refractivity contribution in [2.24, 2.45) is 0 Å². The highest BCUT2D eigenvalue weighted by Crippen LogP contribution is 2.25. The van der Waals surface area contributed by atoms with Gasteiger partial charge in [0.15, 0.2) is 5.82 Å². The Kier molecular flexibility index (Phi) is 3.47. The minimum atomic E-state index is -3.71. The smallest absolute Gasteiger partial charge is 0.263 e. The number of hydrogen-bond acceptors (Lipinski definition) is 4. The Bertz CT molecular complexity index is 763. The number of nitrogens with zero attached hydrogens (tertiary/aromatic N) is 1. The Hall–Kier alpha value is -2.02. The predicted octanol–water partition coefficient (Wildman–Crippen LogP) is 2.03. The zero-order valence-electron chi connectivity index (χ0n) is 11.9. The van der Waals surface area contributed by atoms with E-state index >= 15 is 0 Å². The maximum atomic E-state index is 12.5. The van der Waals surface area contributed by atoms with Crippen molar-refractivity contribution in [1.82, 2.24) is 10.2 Å². The van der Waals surface area contributed by atoms with Gasteiger partial charge in [-0.1, -0.05) is 0 Å². The van der Waals surface area contributed by atoms with E-state index in [-0.39, 0.29) is 4.90 Å². The quantitative estimate of drug-likeness (QED) is 0.754. The van der Waals surface area contributed by atoms with Gasteiger partial charge in [0.25, 0.3) is 10.0 Å². The van der Waals surface area contributed by atoms with E-state index in [2.05, 4.69) is 14.9 Å². The molecule has 0 fully saturated rings. The fourth-order valence-corrected chi connectivity index (χ4v) is 3.32. The number of aryl methyl sites for hydroxylation is 2. The fraction of sp³-hybridized carbons (Fsp3) is 0.308. The number of hydrogen-bond donors (Lipinski definition) is 3. The lowest BCUT2D eigenvalue weighted by Gasteiger charge is -2.12. The Morgan fingerprint density at radius 1 is 1.15 bits per heavy atom. The van der Waals surface area contributed by atoms with E-state index < -0.39 is 10.0 Å². The molecule has 7 heteroatoms. The molecule has 0 saturated heterocycles. The van der Waals surface area contributed by atoms with Gasteiger partial charge in [0.1, 0.15) is 0 Å². The number of benzene rings is 1. The summed E-state index contributed by atoms with van der Waals surface area (Å²) < 4.78 is 27.4. The molecule has 108 valence electrons. The SMILES string of the molecule is Cc1cc(N)c(C)c(S(=O)(=O)Nc2n[nH]c(C)c2C)c1. The molecule has 0 amide bonds. The molecule has 20 heavy (non-hydrogen) atoms. The van der Waals surface area contributed by atoms with E-state index in [1.54, 1.807) is 32.9 Å². The lowest BCUT2D eigenvalue weighted by atomic mass is 10.1. The summed E-state index contributed by atoms with van der Waals surface area (Å²) in [5, 5.41) is 6.70. The van der Waals surface area contributed by atoms with Crippen LogP contribution in [0, 0.1) is 27.7 Å². The fourth-order valence-electron chi connectivity index (χ4n) is 1.90. The molecular formula is C13H18N4O2S. The summed E-state index contributed by atoms with van der Waals surface area (Å²) >= 11 is 0. The highest BCUT2D eigenvalue weighted by atomic mass is 32.2. The van der Waals surface area contributed by atoms with Gasteiger partial charge in [0.05, 0.1) is 4.90 Å². The predicted molar refractivity (Wildman–Crippen MR) is 79.2 cm³/mol. The number of sulfonamides is 1. The third-order valence-electron chi connectivity index (χ3n) is 3.32. The average Bonchev–Trinajstić information content (AvgIpc) is 2.65. The van der Waals surface area contributed by atoms with Crippen LogP contribution in [0.2, 0.25) is 0 Å². The molecule has 0 aliphatic rings. The lowest BCUT2D eigenvalue weighted by Crippen LogP contribution is -2.16. The monoisotopic (exact) mass is 294 g/mol. The minimum Gasteiger partial charge on any atom is -0.398 e. The zero-order valence-corrected chi connectivity index (χ0v) is 12.7. The van der Waals surface area contributed by atoms with E-state index in [0.717, 1.165) is 16.8 Å². The molecule has 2 rings (SSSR count). The number of aromatic amines is 1. The zero-order chi connectivity index (χ0) is 15.1. The molecule has 0 spiro atoms. The maximum absolute atomic E-state index is 12.5. The minimum absolute atomic E-state index is 0.176. The second kappa shape index (κ2) is 4.82. The molecule has 1 heterocycles. The highest BCUT2D eigenvalue weighted by molar-refractivity contribution is 7.92. The van der Waals surface area contributed by atoms with E-state index in [0.29, 0.717) is 17.1 Å². The number of nitrogens with one attached hydrogen (secondary N) is 2. The van der Waals surface area contributed by atoms with Crippen LogP contribution < -0.4 is 10.5 Å². The number of rotatable bonds is 3. The molecule has 0 bridgehead atoms. The largest absolute Gasteiger partial charge is 0.398 e. The number of anilines is 2. The van der Waals surface area contributed by atoms with Crippen LogP contribution in [-0.2, 0) is 10.0 Å². The van der Waals surface area contributed by atoms with Crippen molar-refractivity contribution in [1.29, 1.82) is 0 Å². The number of nitrogen functional groups attached to an aromatic ring is 1. The van der Waals surface area contributed by atoms with Crippen LogP contribution in [0.3, 0.4) is 0 Å². The van der Waals surface area contributed by atoms with Crippen LogP contribution >= 0.6 is 0 Å². The number of H-pyrrole nitrogens is 1. The molecule has 1 aromatic heterocycles. The van der Waals surface area contributed by atoms with Crippen molar-refractivity contribution in [2.75, 3.05) is 10.5 Å². The van der Waals surface area contributed by atoms with E-state index in [9.17, 15) is 8.42 Å². The first-order valence-corrected chi connectivity index (χ1v) is 7.62. The van der Waals surface area contributed by atoms with Crippen LogP contribution in [-0.4, -0.2) is 18.6 Å². The molecule has 0 unspecified atom stereocenters. The van der Waals surface area contributed by atoms with Crippen LogP contribution in [0.5, 0.6) is 0 Å². The van der Waals surface area contributed by atoms with Crippen LogP contribution in [0.25, 0.3) is 0 Å². The molecular weight excluding hydrogens is 276 g/mol. The summed E-state index contributed by atoms with van der Waals surface area (Å²) in [6.07, 6.45) is 0. The Morgan fingerprint density at radius 3 is 2.35 bits per heavy atom. The Morgan fingerprint density at radius 2 is 1.80 bits per heavy atom. The van der Waals surface area contributed by atoms with Crippen LogP contribution in [0.4, 0.5) is 11.5 Å². The van der Waals surface area contributed by atoms with Crippen molar-refractivity contribution in [3.63, 3.8) is 0 Å². The van der Waals surface area contributed by atoms with Gasteiger partial charge in [0, 0.05) is 16.9 Å². The van der Waals surface area contributed by atoms with Gasteiger partial charge in [-0.2, -0.15) is 5.10 Å². The molecule has 4 N–H and O–H groups in total. The number of nitrogens with two attached hydrogens (primary N) is 1. The Labute approximate surface area is 118 Å². The molecule has 0 saturated carbocycles. The summed E-state index contributed by atoms with van der Waals surface area (Å²) in [5.41, 5.74) is 9.21. The van der Waals surface area contributed by atoms with Crippen LogP contribution in [0.15, 0.2) is 17.0 Å². The van der Waals surface area contributed by atoms with Gasteiger partial charge in [0.2, 0.25) is 0 Å². The number of aromatic nitrogens is 2. The summed E-state index contributed by atoms with van der Waals surface area (Å²) in [5.74, 6) is 0.307. The normalized spacial score (nSPS) is 11.6. The van der Waals surface area contributed by atoms with Gasteiger partial charge in [-0.25, -0.2) is 8.42 Å². The first-order valence-electron chi connectivity index (χ1n) is 6.13. The van der Waals surface area contributed by atoms with Crippen molar-refractivity contribution in [3.05, 3.63) is 34.5 Å². The van der Waals surface area contributed by atoms with Gasteiger partial charge in [-0.15, -0.1) is 0 Å². The van der Waals surface area contributed by atoms with E-state index in [4.69, 9.17) is 5.73 Å². The third kappa shape index (κ3) is 2.49. The average molecular weight is 294 g/mol. The topological polar surface area (TPSA) is 101 Å². The first-order chi connectivity index (χ1) is 9.22. The van der Waals surface area contributed by atoms with Crippen molar-refractivity contribution in [3.8, 4) is 0 Å². The van der Waals surface area contributed by atoms with Crippen molar-refractivity contribution >= 4 is 21.5 Å². The van der Waals surface area contributed by atoms with Gasteiger partial charge in [-0.3, -0.25) is 9.82 Å². The highest BCUT2D eigenvalue weighted by Gasteiger charge is 2.21. The molecule has 1 aromatic carbocycles. The molecule has 0 radical (unpaired) electrons. The third-order valence-corrected chi connectivity index (χ3v) is 4.78. The van der Waals surface area contributed by atoms with Crippen molar-refractivity contribution in [2.45, 2.75) is 32.6 Å². The first kappa shape index (κ1) is 14.4. The van der Waals surface area contributed by atoms with Crippen molar-refractivity contribution < 1.29 is 8.42 Å².